The summed E-state index contributed by atoms with van der Waals surface area (Å²) in [5, 5.41) is 3.98. The Morgan fingerprint density at radius 1 is 1.03 bits per heavy atom. The Morgan fingerprint density at radius 2 is 1.78 bits per heavy atom. The van der Waals surface area contributed by atoms with Gasteiger partial charge in [-0.25, -0.2) is 4.39 Å². The molecule has 2 aromatic carbocycles. The summed E-state index contributed by atoms with van der Waals surface area (Å²) in [6, 6.07) is 11.2. The fourth-order valence-electron chi connectivity index (χ4n) is 4.95. The Kier molecular flexibility index (Phi) is 7.14. The first-order valence-corrected chi connectivity index (χ1v) is 12.3. The van der Waals surface area contributed by atoms with Gasteiger partial charge < -0.3 is 14.3 Å². The average molecular weight is 518 g/mol. The Balaban J connectivity index is 1.15. The molecule has 0 saturated carbocycles. The highest BCUT2D eigenvalue weighted by Gasteiger charge is 2.33. The standard InChI is InChI=1S/C26H27F4N5O2/c27-21-8-6-18(7-9-21)24-31-23(37-32-24)17-33-10-2-3-19(16-33)25(36)35-13-11-34(12-14-35)22-5-1-4-20(15-22)26(28,29)30/h1,4-9,15,19H,2-3,10-14,16-17H2. The lowest BCUT2D eigenvalue weighted by Gasteiger charge is -2.39. The van der Waals surface area contributed by atoms with Crippen LogP contribution in [-0.2, 0) is 17.5 Å². The van der Waals surface area contributed by atoms with Gasteiger partial charge >= 0.3 is 6.18 Å². The van der Waals surface area contributed by atoms with Crippen LogP contribution in [-0.4, -0.2) is 65.1 Å². The van der Waals surface area contributed by atoms with E-state index in [1.54, 1.807) is 18.2 Å². The topological polar surface area (TPSA) is 65.7 Å². The van der Waals surface area contributed by atoms with Gasteiger partial charge in [-0.1, -0.05) is 11.2 Å². The number of anilines is 1. The first-order valence-electron chi connectivity index (χ1n) is 12.3. The highest BCUT2D eigenvalue weighted by atomic mass is 19.4. The molecule has 1 amide bonds. The molecule has 0 spiro atoms. The molecule has 0 radical (unpaired) electrons. The van der Waals surface area contributed by atoms with Crippen molar-refractivity contribution in [2.75, 3.05) is 44.2 Å². The van der Waals surface area contributed by atoms with Crippen LogP contribution in [0.2, 0.25) is 0 Å². The van der Waals surface area contributed by atoms with Crippen LogP contribution in [0.25, 0.3) is 11.4 Å². The van der Waals surface area contributed by atoms with Crippen molar-refractivity contribution in [1.29, 1.82) is 0 Å². The molecule has 2 aliphatic rings. The molecule has 37 heavy (non-hydrogen) atoms. The van der Waals surface area contributed by atoms with Crippen LogP contribution in [0, 0.1) is 11.7 Å². The molecule has 3 heterocycles. The molecule has 0 aliphatic carbocycles. The van der Waals surface area contributed by atoms with E-state index in [2.05, 4.69) is 15.0 Å². The SMILES string of the molecule is O=C(C1CCCN(Cc2nc(-c3ccc(F)cc3)no2)C1)N1CCN(c2cccc(C(F)(F)F)c2)CC1. The van der Waals surface area contributed by atoms with Gasteiger partial charge in [0, 0.05) is 44.0 Å². The van der Waals surface area contributed by atoms with Crippen molar-refractivity contribution in [3.63, 3.8) is 0 Å². The minimum Gasteiger partial charge on any atom is -0.368 e. The molecule has 0 N–H and O–H groups in total. The number of likely N-dealkylation sites (tertiary alicyclic amines) is 1. The summed E-state index contributed by atoms with van der Waals surface area (Å²) in [5.74, 6) is 0.397. The van der Waals surface area contributed by atoms with Gasteiger partial charge in [0.25, 0.3) is 0 Å². The number of benzene rings is 2. The van der Waals surface area contributed by atoms with E-state index in [0.717, 1.165) is 31.5 Å². The summed E-state index contributed by atoms with van der Waals surface area (Å²) < 4.78 is 57.7. The smallest absolute Gasteiger partial charge is 0.368 e. The molecule has 2 saturated heterocycles. The van der Waals surface area contributed by atoms with Crippen LogP contribution in [0.5, 0.6) is 0 Å². The van der Waals surface area contributed by atoms with Gasteiger partial charge in [0.2, 0.25) is 17.6 Å². The van der Waals surface area contributed by atoms with Crippen LogP contribution >= 0.6 is 0 Å². The van der Waals surface area contributed by atoms with E-state index in [-0.39, 0.29) is 17.6 Å². The van der Waals surface area contributed by atoms with Crippen molar-refractivity contribution >= 4 is 11.6 Å². The zero-order valence-corrected chi connectivity index (χ0v) is 20.1. The van der Waals surface area contributed by atoms with E-state index in [9.17, 15) is 22.4 Å². The second-order valence-electron chi connectivity index (χ2n) is 9.45. The molecule has 11 heteroatoms. The summed E-state index contributed by atoms with van der Waals surface area (Å²) in [5.41, 5.74) is 0.509. The number of aromatic nitrogens is 2. The maximum atomic E-state index is 13.2. The zero-order valence-electron chi connectivity index (χ0n) is 20.1. The third-order valence-electron chi connectivity index (χ3n) is 6.91. The first-order chi connectivity index (χ1) is 17.8. The minimum atomic E-state index is -4.38. The number of carbonyl (C=O) groups excluding carboxylic acids is 1. The van der Waals surface area contributed by atoms with Gasteiger partial charge in [0.1, 0.15) is 5.82 Å². The number of amides is 1. The van der Waals surface area contributed by atoms with E-state index in [1.807, 2.05) is 9.80 Å². The van der Waals surface area contributed by atoms with Crippen molar-refractivity contribution < 1.29 is 26.9 Å². The lowest BCUT2D eigenvalue weighted by Crippen LogP contribution is -2.52. The molecule has 1 atom stereocenters. The predicted octanol–water partition coefficient (Wildman–Crippen LogP) is 4.46. The summed E-state index contributed by atoms with van der Waals surface area (Å²) in [6.07, 6.45) is -2.74. The van der Waals surface area contributed by atoms with Gasteiger partial charge in [-0.3, -0.25) is 9.69 Å². The van der Waals surface area contributed by atoms with E-state index in [0.29, 0.717) is 62.2 Å². The quantitative estimate of drug-likeness (QED) is 0.466. The highest BCUT2D eigenvalue weighted by Crippen LogP contribution is 2.32. The zero-order chi connectivity index (χ0) is 26.0. The summed E-state index contributed by atoms with van der Waals surface area (Å²) >= 11 is 0. The van der Waals surface area contributed by atoms with Crippen LogP contribution in [0.3, 0.4) is 0 Å². The van der Waals surface area contributed by atoms with E-state index in [1.165, 1.54) is 18.2 Å². The van der Waals surface area contributed by atoms with E-state index < -0.39 is 11.7 Å². The van der Waals surface area contributed by atoms with Gasteiger partial charge in [-0.2, -0.15) is 18.2 Å². The van der Waals surface area contributed by atoms with Gasteiger partial charge in [-0.15, -0.1) is 0 Å². The molecular formula is C26H27F4N5O2. The molecule has 3 aromatic rings. The number of rotatable bonds is 5. The maximum absolute atomic E-state index is 13.2. The van der Waals surface area contributed by atoms with Gasteiger partial charge in [0.05, 0.1) is 18.0 Å². The molecular weight excluding hydrogens is 490 g/mol. The fraction of sp³-hybridized carbons (Fsp3) is 0.423. The van der Waals surface area contributed by atoms with Gasteiger partial charge in [0.15, 0.2) is 0 Å². The number of piperidine rings is 1. The molecule has 1 unspecified atom stereocenters. The third kappa shape index (κ3) is 5.93. The number of hydrogen-bond acceptors (Lipinski definition) is 6. The maximum Gasteiger partial charge on any atom is 0.416 e. The first kappa shape index (κ1) is 25.2. The lowest BCUT2D eigenvalue weighted by atomic mass is 9.96. The normalized spacial score (nSPS) is 19.3. The predicted molar refractivity (Wildman–Crippen MR) is 128 cm³/mol. The number of halogens is 4. The van der Waals surface area contributed by atoms with Crippen molar-refractivity contribution in [2.24, 2.45) is 5.92 Å². The highest BCUT2D eigenvalue weighted by molar-refractivity contribution is 5.79. The number of carbonyl (C=O) groups is 1. The Labute approximate surface area is 211 Å². The minimum absolute atomic E-state index is 0.0749. The number of nitrogens with zero attached hydrogens (tertiary/aromatic N) is 5. The lowest BCUT2D eigenvalue weighted by molar-refractivity contribution is -0.138. The second-order valence-corrected chi connectivity index (χ2v) is 9.45. The second kappa shape index (κ2) is 10.5. The Bertz CT molecular complexity index is 1220. The monoisotopic (exact) mass is 517 g/mol. The molecule has 5 rings (SSSR count). The molecule has 1 aromatic heterocycles. The van der Waals surface area contributed by atoms with Crippen molar-refractivity contribution in [3.05, 3.63) is 65.8 Å². The summed E-state index contributed by atoms with van der Waals surface area (Å²) in [6.45, 7) is 3.70. The molecule has 7 nitrogen and oxygen atoms in total. The summed E-state index contributed by atoms with van der Waals surface area (Å²) in [7, 11) is 0. The fourth-order valence-corrected chi connectivity index (χ4v) is 4.95. The summed E-state index contributed by atoms with van der Waals surface area (Å²) in [4.78, 5) is 23.5. The van der Waals surface area contributed by atoms with E-state index in [4.69, 9.17) is 4.52 Å². The van der Waals surface area contributed by atoms with E-state index >= 15 is 0 Å². The van der Waals surface area contributed by atoms with Crippen molar-refractivity contribution in [2.45, 2.75) is 25.6 Å². The Morgan fingerprint density at radius 3 is 2.51 bits per heavy atom. The third-order valence-corrected chi connectivity index (χ3v) is 6.91. The van der Waals surface area contributed by atoms with Crippen molar-refractivity contribution in [3.8, 4) is 11.4 Å². The number of alkyl halides is 3. The average Bonchev–Trinajstić information content (AvgIpc) is 3.37. The van der Waals surface area contributed by atoms with Crippen LogP contribution in [0.1, 0.15) is 24.3 Å². The largest absolute Gasteiger partial charge is 0.416 e. The Hall–Kier alpha value is -3.47. The van der Waals surface area contributed by atoms with Crippen LogP contribution in [0.15, 0.2) is 53.1 Å². The van der Waals surface area contributed by atoms with Gasteiger partial charge in [-0.05, 0) is 61.9 Å². The van der Waals surface area contributed by atoms with Crippen LogP contribution in [0.4, 0.5) is 23.2 Å². The molecule has 196 valence electrons. The van der Waals surface area contributed by atoms with Crippen molar-refractivity contribution in [1.82, 2.24) is 19.9 Å². The molecule has 0 bridgehead atoms. The van der Waals surface area contributed by atoms with Crippen LogP contribution < -0.4 is 4.90 Å². The molecule has 2 fully saturated rings. The number of piperazine rings is 1. The molecule has 2 aliphatic heterocycles. The number of hydrogen-bond donors (Lipinski definition) is 0.